The minimum Gasteiger partial charge on any atom is -0.456 e. The molecule has 1 N–H and O–H groups in total. The Hall–Kier alpha value is -2.36. The fourth-order valence-corrected chi connectivity index (χ4v) is 1.22. The van der Waals surface area contributed by atoms with E-state index in [1.807, 2.05) is 0 Å². The maximum absolute atomic E-state index is 10.8. The van der Waals surface area contributed by atoms with Crippen LogP contribution in [0.15, 0.2) is 52.4 Å². The Balaban J connectivity index is 2.17. The summed E-state index contributed by atoms with van der Waals surface area (Å²) >= 11 is 0. The molecule has 4 heteroatoms. The molecule has 2 aromatic rings. The van der Waals surface area contributed by atoms with Crippen LogP contribution in [-0.4, -0.2) is 11.7 Å². The number of nitrogens with one attached hydrogen (secondary N) is 1. The van der Waals surface area contributed by atoms with Gasteiger partial charge in [-0.3, -0.25) is 9.79 Å². The van der Waals surface area contributed by atoms with E-state index in [2.05, 4.69) is 16.7 Å². The van der Waals surface area contributed by atoms with Crippen molar-refractivity contribution in [1.29, 1.82) is 0 Å². The molecule has 4 nitrogen and oxygen atoms in total. The summed E-state index contributed by atoms with van der Waals surface area (Å²) < 4.78 is 5.50. The van der Waals surface area contributed by atoms with E-state index in [-0.39, 0.29) is 5.56 Å². The fourth-order valence-electron chi connectivity index (χ4n) is 1.22. The van der Waals surface area contributed by atoms with Crippen molar-refractivity contribution >= 4 is 12.4 Å². The lowest BCUT2D eigenvalue weighted by Crippen LogP contribution is -2.01. The molecule has 0 bridgehead atoms. The van der Waals surface area contributed by atoms with Gasteiger partial charge in [0.15, 0.2) is 0 Å². The van der Waals surface area contributed by atoms with Gasteiger partial charge in [0, 0.05) is 12.3 Å². The second kappa shape index (κ2) is 4.44. The Morgan fingerprint density at radius 1 is 1.06 bits per heavy atom. The third kappa shape index (κ3) is 2.36. The molecule has 2 rings (SSSR count). The molecule has 0 atom stereocenters. The van der Waals surface area contributed by atoms with Crippen LogP contribution in [0.5, 0.6) is 11.5 Å². The molecule has 0 unspecified atom stereocenters. The van der Waals surface area contributed by atoms with Crippen molar-refractivity contribution in [1.82, 2.24) is 4.98 Å². The van der Waals surface area contributed by atoms with Crippen molar-refractivity contribution in [3.63, 3.8) is 0 Å². The van der Waals surface area contributed by atoms with Gasteiger partial charge in [0.2, 0.25) is 5.56 Å². The van der Waals surface area contributed by atoms with Gasteiger partial charge in [0.1, 0.15) is 11.5 Å². The molecule has 0 aliphatic heterocycles. The van der Waals surface area contributed by atoms with Crippen molar-refractivity contribution in [2.45, 2.75) is 0 Å². The standard InChI is InChI=1S/C12H10N2O2/c1-13-9-2-4-10(5-3-9)16-11-6-7-12(15)14-8-11/h2-8H,1H2,(H,14,15). The number of benzene rings is 1. The average Bonchev–Trinajstić information content (AvgIpc) is 2.33. The summed E-state index contributed by atoms with van der Waals surface area (Å²) in [6.07, 6.45) is 1.52. The highest BCUT2D eigenvalue weighted by Gasteiger charge is 1.96. The Morgan fingerprint density at radius 3 is 2.31 bits per heavy atom. The molecule has 0 aliphatic carbocycles. The van der Waals surface area contributed by atoms with Gasteiger partial charge in [0.25, 0.3) is 0 Å². The number of pyridine rings is 1. The number of nitrogens with zero attached hydrogens (tertiary/aromatic N) is 1. The number of ether oxygens (including phenoxy) is 1. The lowest BCUT2D eigenvalue weighted by atomic mass is 10.3. The van der Waals surface area contributed by atoms with Crippen LogP contribution < -0.4 is 10.3 Å². The van der Waals surface area contributed by atoms with Gasteiger partial charge in [-0.25, -0.2) is 0 Å². The van der Waals surface area contributed by atoms with E-state index < -0.39 is 0 Å². The molecule has 0 amide bonds. The highest BCUT2D eigenvalue weighted by molar-refractivity contribution is 5.47. The Kier molecular flexibility index (Phi) is 2.82. The van der Waals surface area contributed by atoms with Crippen molar-refractivity contribution < 1.29 is 4.74 Å². The summed E-state index contributed by atoms with van der Waals surface area (Å²) in [5, 5.41) is 0. The number of H-pyrrole nitrogens is 1. The van der Waals surface area contributed by atoms with Gasteiger partial charge in [0.05, 0.1) is 5.69 Å². The topological polar surface area (TPSA) is 54.4 Å². The SMILES string of the molecule is C=Nc1ccc(Oc2ccc(=O)[nH]c2)cc1. The van der Waals surface area contributed by atoms with E-state index >= 15 is 0 Å². The van der Waals surface area contributed by atoms with E-state index in [4.69, 9.17) is 4.74 Å². The highest BCUT2D eigenvalue weighted by atomic mass is 16.5. The van der Waals surface area contributed by atoms with Gasteiger partial charge in [-0.1, -0.05) is 0 Å². The van der Waals surface area contributed by atoms with Crippen molar-refractivity contribution in [2.24, 2.45) is 4.99 Å². The van der Waals surface area contributed by atoms with Crippen LogP contribution in [0.3, 0.4) is 0 Å². The monoisotopic (exact) mass is 214 g/mol. The molecule has 0 saturated heterocycles. The van der Waals surface area contributed by atoms with Gasteiger partial charge in [-0.05, 0) is 37.0 Å². The molecule has 0 fully saturated rings. The number of aliphatic imine (C=N–C) groups is 1. The molecule has 0 saturated carbocycles. The average molecular weight is 214 g/mol. The first-order valence-corrected chi connectivity index (χ1v) is 4.71. The normalized spacial score (nSPS) is 9.75. The van der Waals surface area contributed by atoms with Gasteiger partial charge in [-0.15, -0.1) is 0 Å². The van der Waals surface area contributed by atoms with Gasteiger partial charge >= 0.3 is 0 Å². The van der Waals surface area contributed by atoms with E-state index in [1.165, 1.54) is 12.3 Å². The maximum atomic E-state index is 10.8. The molecule has 0 radical (unpaired) electrons. The smallest absolute Gasteiger partial charge is 0.248 e. The number of aromatic nitrogens is 1. The molecular weight excluding hydrogens is 204 g/mol. The predicted octanol–water partition coefficient (Wildman–Crippen LogP) is 2.50. The van der Waals surface area contributed by atoms with Crippen LogP contribution in [0.2, 0.25) is 0 Å². The van der Waals surface area contributed by atoms with Gasteiger partial charge < -0.3 is 9.72 Å². The zero-order valence-electron chi connectivity index (χ0n) is 8.51. The Bertz CT molecular complexity index is 523. The summed E-state index contributed by atoms with van der Waals surface area (Å²) in [6.45, 7) is 3.42. The number of hydrogen-bond acceptors (Lipinski definition) is 3. The van der Waals surface area contributed by atoms with Gasteiger partial charge in [-0.2, -0.15) is 0 Å². The third-order valence-electron chi connectivity index (χ3n) is 2.01. The quantitative estimate of drug-likeness (QED) is 0.798. The predicted molar refractivity (Wildman–Crippen MR) is 62.8 cm³/mol. The van der Waals surface area contributed by atoms with E-state index in [0.29, 0.717) is 11.5 Å². The van der Waals surface area contributed by atoms with E-state index in [1.54, 1.807) is 30.3 Å². The maximum Gasteiger partial charge on any atom is 0.248 e. The molecule has 16 heavy (non-hydrogen) atoms. The summed E-state index contributed by atoms with van der Waals surface area (Å²) in [5.41, 5.74) is 0.632. The first kappa shape index (κ1) is 10.2. The Labute approximate surface area is 92.2 Å². The number of aromatic amines is 1. The highest BCUT2D eigenvalue weighted by Crippen LogP contribution is 2.22. The zero-order chi connectivity index (χ0) is 11.4. The van der Waals surface area contributed by atoms with Crippen LogP contribution in [0.4, 0.5) is 5.69 Å². The van der Waals surface area contributed by atoms with Crippen molar-refractivity contribution in [3.05, 3.63) is 52.9 Å². The van der Waals surface area contributed by atoms with Crippen molar-refractivity contribution in [2.75, 3.05) is 0 Å². The van der Waals surface area contributed by atoms with Crippen LogP contribution >= 0.6 is 0 Å². The molecule has 0 aliphatic rings. The summed E-state index contributed by atoms with van der Waals surface area (Å²) in [4.78, 5) is 17.1. The lowest BCUT2D eigenvalue weighted by Gasteiger charge is -2.04. The number of rotatable bonds is 3. The molecular formula is C12H10N2O2. The van der Waals surface area contributed by atoms with E-state index in [0.717, 1.165) is 5.69 Å². The summed E-state index contributed by atoms with van der Waals surface area (Å²) in [5.74, 6) is 1.26. The molecule has 80 valence electrons. The Morgan fingerprint density at radius 2 is 1.75 bits per heavy atom. The van der Waals surface area contributed by atoms with E-state index in [9.17, 15) is 4.79 Å². The third-order valence-corrected chi connectivity index (χ3v) is 2.01. The largest absolute Gasteiger partial charge is 0.456 e. The van der Waals surface area contributed by atoms with Crippen LogP contribution in [0.1, 0.15) is 0 Å². The minimum atomic E-state index is -0.154. The van der Waals surface area contributed by atoms with Crippen molar-refractivity contribution in [3.8, 4) is 11.5 Å². The molecule has 1 aromatic heterocycles. The fraction of sp³-hybridized carbons (Fsp3) is 0. The van der Waals surface area contributed by atoms with Crippen LogP contribution in [0, 0.1) is 0 Å². The van der Waals surface area contributed by atoms with Crippen LogP contribution in [-0.2, 0) is 0 Å². The number of hydrogen-bond donors (Lipinski definition) is 1. The molecule has 1 heterocycles. The van der Waals surface area contributed by atoms with Crippen LogP contribution in [0.25, 0.3) is 0 Å². The first-order chi connectivity index (χ1) is 7.78. The second-order valence-corrected chi connectivity index (χ2v) is 3.14. The molecule has 0 spiro atoms. The lowest BCUT2D eigenvalue weighted by molar-refractivity contribution is 0.480. The summed E-state index contributed by atoms with van der Waals surface area (Å²) in [7, 11) is 0. The summed E-state index contributed by atoms with van der Waals surface area (Å²) in [6, 6.07) is 10.2. The zero-order valence-corrected chi connectivity index (χ0v) is 8.51. The molecule has 1 aromatic carbocycles. The minimum absolute atomic E-state index is 0.154. The second-order valence-electron chi connectivity index (χ2n) is 3.14. The first-order valence-electron chi connectivity index (χ1n) is 4.71.